The highest BCUT2D eigenvalue weighted by Crippen LogP contribution is 2.39. The fourth-order valence-corrected chi connectivity index (χ4v) is 6.66. The van der Waals surface area contributed by atoms with Crippen molar-refractivity contribution in [2.75, 3.05) is 29.2 Å². The molecule has 302 valence electrons. The van der Waals surface area contributed by atoms with E-state index in [1.54, 1.807) is 97.1 Å². The summed E-state index contributed by atoms with van der Waals surface area (Å²) in [6.45, 7) is 1.06. The van der Waals surface area contributed by atoms with Crippen molar-refractivity contribution in [2.45, 2.75) is 6.42 Å². The van der Waals surface area contributed by atoms with E-state index in [1.165, 1.54) is 0 Å². The van der Waals surface area contributed by atoms with Crippen LogP contribution in [0.2, 0.25) is 0 Å². The van der Waals surface area contributed by atoms with Crippen molar-refractivity contribution >= 4 is 79.8 Å². The highest BCUT2D eigenvalue weighted by Gasteiger charge is 2.14. The molecule has 0 aliphatic rings. The van der Waals surface area contributed by atoms with Crippen LogP contribution in [0, 0.1) is 0 Å². The number of phenols is 3. The Kier molecular flexibility index (Phi) is 11.6. The van der Waals surface area contributed by atoms with Gasteiger partial charge in [0.25, 0.3) is 0 Å². The number of benzene rings is 8. The smallest absolute Gasteiger partial charge is 0.233 e. The summed E-state index contributed by atoms with van der Waals surface area (Å²) in [4.78, 5) is 35.5. The molecule has 0 atom stereocenters. The summed E-state index contributed by atoms with van der Waals surface area (Å²) in [6.07, 6.45) is 2.42. The Hall–Kier alpha value is -8.45. The van der Waals surface area contributed by atoms with Gasteiger partial charge in [-0.1, -0.05) is 36.4 Å². The molecule has 1 heterocycles. The Morgan fingerprint density at radius 2 is 0.902 bits per heavy atom. The van der Waals surface area contributed by atoms with E-state index < -0.39 is 0 Å². The van der Waals surface area contributed by atoms with Crippen LogP contribution in [0.3, 0.4) is 0 Å². The minimum atomic E-state index is 0.150. The zero-order valence-electron chi connectivity index (χ0n) is 32.4. The summed E-state index contributed by atoms with van der Waals surface area (Å²) < 4.78 is 11.8. The maximum atomic E-state index is 11.5. The summed E-state index contributed by atoms with van der Waals surface area (Å²) in [5, 5.41) is 44.0. The fourth-order valence-electron chi connectivity index (χ4n) is 6.66. The predicted octanol–water partition coefficient (Wildman–Crippen LogP) is 10.3. The molecule has 13 heteroatoms. The number of carbonyl (C=O) groups is 2. The Morgan fingerprint density at radius 3 is 1.43 bits per heavy atom. The summed E-state index contributed by atoms with van der Waals surface area (Å²) in [5.74, 6) is 2.90. The average molecular weight is 811 g/mol. The lowest BCUT2D eigenvalue weighted by molar-refractivity contribution is 0.111. The summed E-state index contributed by atoms with van der Waals surface area (Å²) in [5.41, 5.74) is 3.32. The van der Waals surface area contributed by atoms with Crippen LogP contribution in [0.4, 0.5) is 34.9 Å². The molecule has 0 aliphatic carbocycles. The van der Waals surface area contributed by atoms with Gasteiger partial charge >= 0.3 is 0 Å². The molecule has 9 aromatic rings. The molecule has 1 aromatic heterocycles. The number of rotatable bonds is 14. The van der Waals surface area contributed by atoms with E-state index in [0.29, 0.717) is 41.4 Å². The van der Waals surface area contributed by atoms with Crippen LogP contribution in [0.15, 0.2) is 146 Å². The molecule has 0 saturated carbocycles. The van der Waals surface area contributed by atoms with Crippen LogP contribution >= 0.6 is 0 Å². The molecule has 8 aromatic carbocycles. The van der Waals surface area contributed by atoms with Gasteiger partial charge in [-0.25, -0.2) is 0 Å². The monoisotopic (exact) mass is 810 g/mol. The van der Waals surface area contributed by atoms with Crippen LogP contribution in [0.25, 0.3) is 32.3 Å². The zero-order valence-corrected chi connectivity index (χ0v) is 32.4. The topological polar surface area (TPSA) is 188 Å². The number of ether oxygens (including phenoxy) is 2. The number of nitrogens with zero attached hydrogens (tertiary/aromatic N) is 3. The lowest BCUT2D eigenvalue weighted by Gasteiger charge is -2.15. The maximum absolute atomic E-state index is 11.5. The van der Waals surface area contributed by atoms with Crippen LogP contribution in [0.5, 0.6) is 28.7 Å². The van der Waals surface area contributed by atoms with Crippen molar-refractivity contribution in [1.29, 1.82) is 0 Å². The van der Waals surface area contributed by atoms with Gasteiger partial charge in [-0.15, -0.1) is 0 Å². The summed E-state index contributed by atoms with van der Waals surface area (Å²) in [6, 6.07) is 42.7. The van der Waals surface area contributed by atoms with E-state index in [0.717, 1.165) is 62.8 Å². The standard InChI is InChI=1S/C26H20O4.C22H18N6O3/c27-16-19-3-2-17-5-12-23-24(13-6-18-4-11-22(19)25(17)26(18)23)30-15-1-14-29-21-9-7-20(28)8-10-21;29-13-14-1-3-15(4-2-14)23-20-26-21(24-16-5-9-18(30)10-6-16)28-22(27-20)25-17-7-11-19(31)12-8-17/h2-13,16,28H,1,14-15H2;1-13,30-31H,(H3,23,24,25,26,27,28). The van der Waals surface area contributed by atoms with Crippen LogP contribution in [0.1, 0.15) is 27.1 Å². The van der Waals surface area contributed by atoms with Gasteiger partial charge in [-0.3, -0.25) is 9.59 Å². The van der Waals surface area contributed by atoms with Gasteiger partial charge in [0.15, 0.2) is 6.29 Å². The number of aromatic hydroxyl groups is 3. The number of hydrogen-bond donors (Lipinski definition) is 6. The normalized spacial score (nSPS) is 10.8. The first-order valence-corrected chi connectivity index (χ1v) is 19.2. The number of nitrogens with one attached hydrogen (secondary N) is 3. The lowest BCUT2D eigenvalue weighted by Crippen LogP contribution is -2.07. The fraction of sp³-hybridized carbons (Fsp3) is 0.0625. The van der Waals surface area contributed by atoms with Gasteiger partial charge in [0.05, 0.1) is 13.2 Å². The Morgan fingerprint density at radius 1 is 0.459 bits per heavy atom. The van der Waals surface area contributed by atoms with Gasteiger partial charge in [0.2, 0.25) is 17.8 Å². The third kappa shape index (κ3) is 9.48. The minimum Gasteiger partial charge on any atom is -0.508 e. The molecule has 0 fully saturated rings. The van der Waals surface area contributed by atoms with Gasteiger partial charge in [0, 0.05) is 45.4 Å². The quantitative estimate of drug-likeness (QED) is 0.0264. The SMILES string of the molecule is O=Cc1ccc(Nc2nc(Nc3ccc(O)cc3)nc(Nc3ccc(O)cc3)n2)cc1.O=Cc1ccc2ccc3c(OCCCOc4ccc(O)cc4)ccc4ccc1c2c43. The van der Waals surface area contributed by atoms with Crippen molar-refractivity contribution in [1.82, 2.24) is 15.0 Å². The highest BCUT2D eigenvalue weighted by atomic mass is 16.5. The molecule has 0 bridgehead atoms. The molecule has 0 spiro atoms. The van der Waals surface area contributed by atoms with E-state index >= 15 is 0 Å². The number of hydrogen-bond acceptors (Lipinski definition) is 13. The number of anilines is 6. The molecule has 61 heavy (non-hydrogen) atoms. The molecular formula is C48H38N6O7. The average Bonchev–Trinajstić information content (AvgIpc) is 3.28. The van der Waals surface area contributed by atoms with Crippen LogP contribution in [-0.2, 0) is 0 Å². The van der Waals surface area contributed by atoms with Crippen molar-refractivity contribution < 1.29 is 34.4 Å². The molecule has 9 rings (SSSR count). The molecule has 13 nitrogen and oxygen atoms in total. The maximum Gasteiger partial charge on any atom is 0.233 e. The first-order valence-electron chi connectivity index (χ1n) is 19.2. The number of aromatic nitrogens is 3. The van der Waals surface area contributed by atoms with Gasteiger partial charge in [-0.2, -0.15) is 15.0 Å². The number of aldehydes is 2. The largest absolute Gasteiger partial charge is 0.508 e. The first kappa shape index (κ1) is 39.4. The van der Waals surface area contributed by atoms with Crippen LogP contribution in [-0.4, -0.2) is 56.1 Å². The third-order valence-corrected chi connectivity index (χ3v) is 9.62. The molecule has 6 N–H and O–H groups in total. The van der Waals surface area contributed by atoms with E-state index in [1.807, 2.05) is 24.3 Å². The number of phenolic OH excluding ortho intramolecular Hbond substituents is 3. The highest BCUT2D eigenvalue weighted by molar-refractivity contribution is 6.26. The summed E-state index contributed by atoms with van der Waals surface area (Å²) in [7, 11) is 0. The second-order valence-corrected chi connectivity index (χ2v) is 13.8. The minimum absolute atomic E-state index is 0.150. The zero-order chi connectivity index (χ0) is 42.1. The molecular weight excluding hydrogens is 773 g/mol. The Balaban J connectivity index is 0.000000168. The van der Waals surface area contributed by atoms with Crippen molar-refractivity contribution in [2.24, 2.45) is 0 Å². The molecule has 0 radical (unpaired) electrons. The van der Waals surface area contributed by atoms with Gasteiger partial charge in [0.1, 0.15) is 35.0 Å². The molecule has 0 unspecified atom stereocenters. The summed E-state index contributed by atoms with van der Waals surface area (Å²) >= 11 is 0. The molecule has 0 aliphatic heterocycles. The van der Waals surface area contributed by atoms with E-state index in [-0.39, 0.29) is 35.1 Å². The predicted molar refractivity (Wildman–Crippen MR) is 237 cm³/mol. The van der Waals surface area contributed by atoms with E-state index in [4.69, 9.17) is 9.47 Å². The molecule has 0 amide bonds. The second-order valence-electron chi connectivity index (χ2n) is 13.8. The van der Waals surface area contributed by atoms with Crippen LogP contribution < -0.4 is 25.4 Å². The first-order chi connectivity index (χ1) is 29.8. The van der Waals surface area contributed by atoms with E-state index in [9.17, 15) is 24.9 Å². The molecule has 0 saturated heterocycles. The van der Waals surface area contributed by atoms with Gasteiger partial charge < -0.3 is 40.7 Å². The second kappa shape index (κ2) is 18.0. The van der Waals surface area contributed by atoms with Crippen molar-refractivity contribution in [3.05, 3.63) is 157 Å². The number of carbonyl (C=O) groups excluding carboxylic acids is 2. The Bertz CT molecular complexity index is 2860. The van der Waals surface area contributed by atoms with Crippen molar-refractivity contribution in [3.8, 4) is 28.7 Å². The van der Waals surface area contributed by atoms with Gasteiger partial charge in [-0.05, 0) is 131 Å². The third-order valence-electron chi connectivity index (χ3n) is 9.62. The van der Waals surface area contributed by atoms with Crippen molar-refractivity contribution in [3.63, 3.8) is 0 Å². The Labute approximate surface area is 349 Å². The van der Waals surface area contributed by atoms with E-state index in [2.05, 4.69) is 55.2 Å². The lowest BCUT2D eigenvalue weighted by atomic mass is 9.92.